The van der Waals surface area contributed by atoms with Crippen LogP contribution in [0.2, 0.25) is 0 Å². The average molecular weight is 331 g/mol. The molecule has 2 heterocycles. The van der Waals surface area contributed by atoms with Crippen LogP contribution >= 0.6 is 11.3 Å². The first kappa shape index (κ1) is 14.5. The fourth-order valence-corrected chi connectivity index (χ4v) is 3.17. The molecule has 5 heteroatoms. The van der Waals surface area contributed by atoms with Crippen LogP contribution in [-0.4, -0.2) is 20.8 Å². The molecule has 0 aliphatic rings. The summed E-state index contributed by atoms with van der Waals surface area (Å²) >= 11 is 1.43. The second kappa shape index (κ2) is 6.22. The van der Waals surface area contributed by atoms with Crippen molar-refractivity contribution in [1.29, 1.82) is 0 Å². The Bertz CT molecular complexity index is 1020. The summed E-state index contributed by atoms with van der Waals surface area (Å²) in [6.45, 7) is 0. The number of ketones is 1. The van der Waals surface area contributed by atoms with E-state index in [0.717, 1.165) is 16.6 Å². The van der Waals surface area contributed by atoms with Gasteiger partial charge in [0.05, 0.1) is 16.1 Å². The van der Waals surface area contributed by atoms with E-state index in [9.17, 15) is 4.79 Å². The minimum absolute atomic E-state index is 0.0385. The zero-order valence-corrected chi connectivity index (χ0v) is 13.5. The van der Waals surface area contributed by atoms with E-state index in [0.29, 0.717) is 10.6 Å². The van der Waals surface area contributed by atoms with E-state index in [1.54, 1.807) is 10.8 Å². The third-order valence-electron chi connectivity index (χ3n) is 3.68. The Hall–Kier alpha value is -3.05. The second-order valence-electron chi connectivity index (χ2n) is 5.23. The molecule has 2 aromatic carbocycles. The topological polar surface area (TPSA) is 47.8 Å². The first-order chi connectivity index (χ1) is 11.8. The quantitative estimate of drug-likeness (QED) is 0.414. The molecule has 0 spiro atoms. The predicted molar refractivity (Wildman–Crippen MR) is 96.0 cm³/mol. The largest absolute Gasteiger partial charge is 0.288 e. The van der Waals surface area contributed by atoms with Crippen molar-refractivity contribution >= 4 is 33.9 Å². The van der Waals surface area contributed by atoms with Gasteiger partial charge >= 0.3 is 0 Å². The summed E-state index contributed by atoms with van der Waals surface area (Å²) < 4.78 is 1.72. The summed E-state index contributed by atoms with van der Waals surface area (Å²) in [5.74, 6) is -0.0385. The molecule has 0 aliphatic carbocycles. The standard InChI is InChI=1S/C19H13N3OS/c23-18(19-11-6-12-24-19)13-17(14-7-2-1-3-8-14)22-16-10-5-4-9-15(16)20-21-22/h1-13H. The van der Waals surface area contributed by atoms with Crippen LogP contribution in [0.1, 0.15) is 15.2 Å². The van der Waals surface area contributed by atoms with Gasteiger partial charge in [-0.15, -0.1) is 16.4 Å². The molecular weight excluding hydrogens is 318 g/mol. The predicted octanol–water partition coefficient (Wildman–Crippen LogP) is 4.26. The molecule has 116 valence electrons. The second-order valence-corrected chi connectivity index (χ2v) is 6.17. The van der Waals surface area contributed by atoms with E-state index in [-0.39, 0.29) is 5.78 Å². The third kappa shape index (κ3) is 2.66. The highest BCUT2D eigenvalue weighted by atomic mass is 32.1. The number of allylic oxidation sites excluding steroid dienone is 1. The number of rotatable bonds is 4. The van der Waals surface area contributed by atoms with Gasteiger partial charge in [0.1, 0.15) is 5.52 Å². The normalized spacial score (nSPS) is 11.8. The summed E-state index contributed by atoms with van der Waals surface area (Å²) in [7, 11) is 0. The van der Waals surface area contributed by atoms with Crippen molar-refractivity contribution in [2.75, 3.05) is 0 Å². The maximum atomic E-state index is 12.6. The molecule has 24 heavy (non-hydrogen) atoms. The Morgan fingerprint density at radius 1 is 0.958 bits per heavy atom. The van der Waals surface area contributed by atoms with E-state index >= 15 is 0 Å². The lowest BCUT2D eigenvalue weighted by Gasteiger charge is -2.08. The van der Waals surface area contributed by atoms with Gasteiger partial charge in [-0.1, -0.05) is 53.7 Å². The van der Waals surface area contributed by atoms with Crippen LogP contribution in [0.3, 0.4) is 0 Å². The number of carbonyl (C=O) groups excluding carboxylic acids is 1. The van der Waals surface area contributed by atoms with Gasteiger partial charge in [-0.05, 0) is 23.6 Å². The van der Waals surface area contributed by atoms with Crippen LogP contribution in [0.15, 0.2) is 78.2 Å². The Labute approximate surface area is 142 Å². The van der Waals surface area contributed by atoms with Gasteiger partial charge in [-0.3, -0.25) is 4.79 Å². The van der Waals surface area contributed by atoms with E-state index in [2.05, 4.69) is 10.3 Å². The molecule has 4 rings (SSSR count). The molecule has 0 atom stereocenters. The third-order valence-corrected chi connectivity index (χ3v) is 4.57. The molecule has 0 saturated carbocycles. The highest BCUT2D eigenvalue weighted by molar-refractivity contribution is 7.12. The summed E-state index contributed by atoms with van der Waals surface area (Å²) in [5, 5.41) is 10.4. The van der Waals surface area contributed by atoms with E-state index in [1.807, 2.05) is 72.1 Å². The number of fused-ring (bicyclic) bond motifs is 1. The highest BCUT2D eigenvalue weighted by Crippen LogP contribution is 2.22. The monoisotopic (exact) mass is 331 g/mol. The van der Waals surface area contributed by atoms with Gasteiger partial charge in [0.25, 0.3) is 0 Å². The first-order valence-electron chi connectivity index (χ1n) is 7.49. The van der Waals surface area contributed by atoms with Crippen molar-refractivity contribution in [3.63, 3.8) is 0 Å². The zero-order chi connectivity index (χ0) is 16.4. The number of aromatic nitrogens is 3. The molecule has 0 saturated heterocycles. The number of hydrogen-bond acceptors (Lipinski definition) is 4. The van der Waals surface area contributed by atoms with Gasteiger partial charge in [-0.2, -0.15) is 0 Å². The molecule has 0 bridgehead atoms. The zero-order valence-electron chi connectivity index (χ0n) is 12.7. The van der Waals surface area contributed by atoms with E-state index < -0.39 is 0 Å². The van der Waals surface area contributed by atoms with Crippen molar-refractivity contribution < 1.29 is 4.79 Å². The van der Waals surface area contributed by atoms with Crippen LogP contribution in [0.4, 0.5) is 0 Å². The molecule has 0 fully saturated rings. The van der Waals surface area contributed by atoms with Crippen LogP contribution in [0, 0.1) is 0 Å². The van der Waals surface area contributed by atoms with E-state index in [1.165, 1.54) is 11.3 Å². The summed E-state index contributed by atoms with van der Waals surface area (Å²) in [6, 6.07) is 21.2. The number of carbonyl (C=O) groups is 1. The molecular formula is C19H13N3OS. The smallest absolute Gasteiger partial charge is 0.197 e. The summed E-state index contributed by atoms with van der Waals surface area (Å²) in [6.07, 6.45) is 1.63. The lowest BCUT2D eigenvalue weighted by molar-refractivity contribution is 0.105. The highest BCUT2D eigenvalue weighted by Gasteiger charge is 2.13. The fraction of sp³-hybridized carbons (Fsp3) is 0. The fourth-order valence-electron chi connectivity index (χ4n) is 2.54. The number of para-hydroxylation sites is 1. The number of thiophene rings is 1. The van der Waals surface area contributed by atoms with Crippen LogP contribution < -0.4 is 0 Å². The van der Waals surface area contributed by atoms with Gasteiger partial charge in [-0.25, -0.2) is 4.68 Å². The number of nitrogens with zero attached hydrogens (tertiary/aromatic N) is 3. The average Bonchev–Trinajstić information content (AvgIpc) is 3.30. The maximum absolute atomic E-state index is 12.6. The van der Waals surface area contributed by atoms with Crippen molar-refractivity contribution in [2.45, 2.75) is 0 Å². The molecule has 4 aromatic rings. The van der Waals surface area contributed by atoms with Gasteiger partial charge in [0.2, 0.25) is 0 Å². The molecule has 2 aromatic heterocycles. The van der Waals surface area contributed by atoms with Gasteiger partial charge in [0.15, 0.2) is 5.78 Å². The van der Waals surface area contributed by atoms with Crippen LogP contribution in [-0.2, 0) is 0 Å². The lowest BCUT2D eigenvalue weighted by atomic mass is 10.1. The van der Waals surface area contributed by atoms with Crippen molar-refractivity contribution in [1.82, 2.24) is 15.0 Å². The Morgan fingerprint density at radius 3 is 2.54 bits per heavy atom. The molecule has 0 unspecified atom stereocenters. The molecule has 0 N–H and O–H groups in total. The van der Waals surface area contributed by atoms with Crippen molar-refractivity contribution in [3.8, 4) is 0 Å². The van der Waals surface area contributed by atoms with Crippen molar-refractivity contribution in [3.05, 3.63) is 88.6 Å². The Morgan fingerprint density at radius 2 is 1.75 bits per heavy atom. The van der Waals surface area contributed by atoms with Crippen molar-refractivity contribution in [2.24, 2.45) is 0 Å². The summed E-state index contributed by atoms with van der Waals surface area (Å²) in [5.41, 5.74) is 3.29. The minimum atomic E-state index is -0.0385. The number of hydrogen-bond donors (Lipinski definition) is 0. The summed E-state index contributed by atoms with van der Waals surface area (Å²) in [4.78, 5) is 13.3. The molecule has 4 nitrogen and oxygen atoms in total. The van der Waals surface area contributed by atoms with Crippen LogP contribution in [0.25, 0.3) is 16.7 Å². The molecule has 0 aliphatic heterocycles. The van der Waals surface area contributed by atoms with Gasteiger partial charge in [0, 0.05) is 11.6 Å². The Kier molecular flexibility index (Phi) is 3.76. The first-order valence-corrected chi connectivity index (χ1v) is 8.37. The molecule has 0 amide bonds. The lowest BCUT2D eigenvalue weighted by Crippen LogP contribution is -2.04. The Balaban J connectivity index is 1.90. The minimum Gasteiger partial charge on any atom is -0.288 e. The number of benzene rings is 2. The molecule has 0 radical (unpaired) electrons. The van der Waals surface area contributed by atoms with Gasteiger partial charge < -0.3 is 0 Å². The maximum Gasteiger partial charge on any atom is 0.197 e. The van der Waals surface area contributed by atoms with Crippen LogP contribution in [0.5, 0.6) is 0 Å². The SMILES string of the molecule is O=C(C=C(c1ccccc1)n1nnc2ccccc21)c1cccs1. The van der Waals surface area contributed by atoms with E-state index in [4.69, 9.17) is 0 Å².